The maximum atomic E-state index is 12.8. The molecule has 21 heavy (non-hydrogen) atoms. The largest absolute Gasteiger partial charge is 0.417 e. The Morgan fingerprint density at radius 3 is 2.71 bits per heavy atom. The summed E-state index contributed by atoms with van der Waals surface area (Å²) in [5.41, 5.74) is -0.629. The summed E-state index contributed by atoms with van der Waals surface area (Å²) in [6, 6.07) is 5.44. The van der Waals surface area contributed by atoms with E-state index >= 15 is 0 Å². The molecular formula is C15H17F3N2O. The Hall–Kier alpha value is -1.74. The van der Waals surface area contributed by atoms with Crippen LogP contribution in [0, 0.1) is 11.3 Å². The number of hydrogen-bond donors (Lipinski definition) is 1. The molecule has 1 saturated heterocycles. The van der Waals surface area contributed by atoms with Crippen LogP contribution in [0.15, 0.2) is 18.2 Å². The number of rotatable bonds is 3. The molecule has 0 saturated carbocycles. The molecule has 0 aliphatic carbocycles. The first-order valence-corrected chi connectivity index (χ1v) is 6.96. The van der Waals surface area contributed by atoms with Gasteiger partial charge in [-0.2, -0.15) is 18.4 Å². The Morgan fingerprint density at radius 1 is 1.33 bits per heavy atom. The first-order valence-electron chi connectivity index (χ1n) is 6.96. The molecule has 1 unspecified atom stereocenters. The molecular weight excluding hydrogens is 281 g/mol. The zero-order valence-corrected chi connectivity index (χ0v) is 11.5. The summed E-state index contributed by atoms with van der Waals surface area (Å²) in [5.74, 6) is 0. The van der Waals surface area contributed by atoms with Crippen LogP contribution in [0.3, 0.4) is 0 Å². The lowest BCUT2D eigenvalue weighted by Gasteiger charge is -2.37. The van der Waals surface area contributed by atoms with E-state index in [9.17, 15) is 13.2 Å². The molecule has 1 atom stereocenters. The molecule has 1 aliphatic rings. The van der Waals surface area contributed by atoms with Gasteiger partial charge in [0.05, 0.1) is 17.2 Å². The molecule has 1 aromatic carbocycles. The third-order valence-corrected chi connectivity index (χ3v) is 3.85. The summed E-state index contributed by atoms with van der Waals surface area (Å²) >= 11 is 0. The van der Waals surface area contributed by atoms with Crippen LogP contribution in [-0.4, -0.2) is 24.3 Å². The highest BCUT2D eigenvalue weighted by Crippen LogP contribution is 2.35. The van der Waals surface area contributed by atoms with Gasteiger partial charge in [-0.05, 0) is 43.9 Å². The number of piperidine rings is 1. The molecule has 0 amide bonds. The Balaban J connectivity index is 2.34. The van der Waals surface area contributed by atoms with Gasteiger partial charge in [-0.1, -0.05) is 0 Å². The number of aliphatic hydroxyl groups is 1. The predicted molar refractivity (Wildman–Crippen MR) is 72.8 cm³/mol. The van der Waals surface area contributed by atoms with Gasteiger partial charge in [-0.25, -0.2) is 0 Å². The number of alkyl halides is 3. The minimum Gasteiger partial charge on any atom is -0.396 e. The molecule has 3 nitrogen and oxygen atoms in total. The zero-order chi connectivity index (χ0) is 15.5. The molecule has 0 radical (unpaired) electrons. The van der Waals surface area contributed by atoms with Gasteiger partial charge < -0.3 is 10.0 Å². The van der Waals surface area contributed by atoms with Gasteiger partial charge in [0, 0.05) is 24.9 Å². The second-order valence-corrected chi connectivity index (χ2v) is 5.19. The van der Waals surface area contributed by atoms with Crippen molar-refractivity contribution >= 4 is 5.69 Å². The van der Waals surface area contributed by atoms with Crippen LogP contribution in [0.25, 0.3) is 0 Å². The van der Waals surface area contributed by atoms with Crippen molar-refractivity contribution in [2.24, 2.45) is 0 Å². The first kappa shape index (κ1) is 15.6. The lowest BCUT2D eigenvalue weighted by molar-refractivity contribution is -0.137. The van der Waals surface area contributed by atoms with E-state index in [-0.39, 0.29) is 18.2 Å². The van der Waals surface area contributed by atoms with Crippen molar-refractivity contribution in [3.05, 3.63) is 29.3 Å². The number of nitriles is 1. The van der Waals surface area contributed by atoms with Gasteiger partial charge in [0.25, 0.3) is 0 Å². The van der Waals surface area contributed by atoms with E-state index in [1.807, 2.05) is 4.90 Å². The van der Waals surface area contributed by atoms with E-state index in [0.29, 0.717) is 12.1 Å². The van der Waals surface area contributed by atoms with Gasteiger partial charge in [-0.3, -0.25) is 0 Å². The van der Waals surface area contributed by atoms with Crippen LogP contribution in [0.1, 0.15) is 36.8 Å². The zero-order valence-electron chi connectivity index (χ0n) is 11.5. The van der Waals surface area contributed by atoms with Gasteiger partial charge >= 0.3 is 6.18 Å². The van der Waals surface area contributed by atoms with Crippen LogP contribution in [-0.2, 0) is 6.18 Å². The fourth-order valence-electron chi connectivity index (χ4n) is 2.84. The fourth-order valence-corrected chi connectivity index (χ4v) is 2.84. The minimum absolute atomic E-state index is 0.0485. The Labute approximate surface area is 121 Å². The molecule has 114 valence electrons. The van der Waals surface area contributed by atoms with Crippen molar-refractivity contribution in [1.29, 1.82) is 5.26 Å². The number of halogens is 3. The van der Waals surface area contributed by atoms with Crippen LogP contribution in [0.4, 0.5) is 18.9 Å². The maximum absolute atomic E-state index is 12.8. The standard InChI is InChI=1S/C15H17F3N2O/c16-15(17,18)14-5-4-13(9-11(14)10-19)20-7-2-1-3-12(20)6-8-21/h4-5,9,12,21H,1-3,6-8H2. The average Bonchev–Trinajstić information content (AvgIpc) is 2.46. The van der Waals surface area contributed by atoms with Crippen molar-refractivity contribution < 1.29 is 18.3 Å². The number of benzene rings is 1. The number of hydrogen-bond acceptors (Lipinski definition) is 3. The first-order chi connectivity index (χ1) is 9.97. The van der Waals surface area contributed by atoms with Gasteiger partial charge in [0.15, 0.2) is 0 Å². The fraction of sp³-hybridized carbons (Fsp3) is 0.533. The highest BCUT2D eigenvalue weighted by atomic mass is 19.4. The van der Waals surface area contributed by atoms with E-state index in [2.05, 4.69) is 0 Å². The monoisotopic (exact) mass is 298 g/mol. The average molecular weight is 298 g/mol. The molecule has 2 rings (SSSR count). The summed E-state index contributed by atoms with van der Waals surface area (Å²) < 4.78 is 38.4. The Morgan fingerprint density at radius 2 is 2.10 bits per heavy atom. The van der Waals surface area contributed by atoms with Crippen molar-refractivity contribution in [1.82, 2.24) is 0 Å². The highest BCUT2D eigenvalue weighted by Gasteiger charge is 2.34. The topological polar surface area (TPSA) is 47.3 Å². The van der Waals surface area contributed by atoms with E-state index < -0.39 is 11.7 Å². The molecule has 0 aromatic heterocycles. The second kappa shape index (κ2) is 6.35. The van der Waals surface area contributed by atoms with E-state index in [1.165, 1.54) is 12.1 Å². The second-order valence-electron chi connectivity index (χ2n) is 5.19. The molecule has 1 fully saturated rings. The molecule has 0 bridgehead atoms. The molecule has 1 aliphatic heterocycles. The van der Waals surface area contributed by atoms with Gasteiger partial charge in [-0.15, -0.1) is 0 Å². The molecule has 1 N–H and O–H groups in total. The summed E-state index contributed by atoms with van der Waals surface area (Å²) in [4.78, 5) is 2.00. The summed E-state index contributed by atoms with van der Waals surface area (Å²) in [6.45, 7) is 0.786. The van der Waals surface area contributed by atoms with Crippen molar-refractivity contribution in [2.45, 2.75) is 37.9 Å². The normalized spacial score (nSPS) is 19.4. The van der Waals surface area contributed by atoms with Gasteiger partial charge in [0.2, 0.25) is 0 Å². The smallest absolute Gasteiger partial charge is 0.396 e. The summed E-state index contributed by atoms with van der Waals surface area (Å²) in [7, 11) is 0. The van der Waals surface area contributed by atoms with E-state index in [1.54, 1.807) is 6.07 Å². The SMILES string of the molecule is N#Cc1cc(N2CCCCC2CCO)ccc1C(F)(F)F. The predicted octanol–water partition coefficient (Wildman–Crippen LogP) is 3.32. The third-order valence-electron chi connectivity index (χ3n) is 3.85. The minimum atomic E-state index is -4.52. The Kier molecular flexibility index (Phi) is 4.73. The Bertz CT molecular complexity index is 535. The quantitative estimate of drug-likeness (QED) is 0.931. The number of nitrogens with zero attached hydrogens (tertiary/aromatic N) is 2. The molecule has 1 heterocycles. The van der Waals surface area contributed by atoms with Crippen molar-refractivity contribution in [3.63, 3.8) is 0 Å². The summed E-state index contributed by atoms with van der Waals surface area (Å²) in [5, 5.41) is 18.1. The van der Waals surface area contributed by atoms with Crippen LogP contribution in [0.5, 0.6) is 0 Å². The molecule has 0 spiro atoms. The maximum Gasteiger partial charge on any atom is 0.417 e. The third kappa shape index (κ3) is 3.48. The van der Waals surface area contributed by atoms with Crippen molar-refractivity contribution in [2.75, 3.05) is 18.1 Å². The molecule has 6 heteroatoms. The van der Waals surface area contributed by atoms with Crippen LogP contribution >= 0.6 is 0 Å². The highest BCUT2D eigenvalue weighted by molar-refractivity contribution is 5.56. The van der Waals surface area contributed by atoms with Gasteiger partial charge in [0.1, 0.15) is 0 Å². The van der Waals surface area contributed by atoms with E-state index in [0.717, 1.165) is 31.9 Å². The number of aliphatic hydroxyl groups excluding tert-OH is 1. The summed E-state index contributed by atoms with van der Waals surface area (Å²) in [6.07, 6.45) is -1.01. The van der Waals surface area contributed by atoms with Crippen LogP contribution < -0.4 is 4.90 Å². The van der Waals surface area contributed by atoms with E-state index in [4.69, 9.17) is 10.4 Å². The lowest BCUT2D eigenvalue weighted by Crippen LogP contribution is -2.40. The lowest BCUT2D eigenvalue weighted by atomic mass is 9.97. The van der Waals surface area contributed by atoms with Crippen molar-refractivity contribution in [3.8, 4) is 6.07 Å². The number of anilines is 1. The van der Waals surface area contributed by atoms with Crippen LogP contribution in [0.2, 0.25) is 0 Å². The molecule has 1 aromatic rings.